The topological polar surface area (TPSA) is 80.2 Å². The maximum atomic E-state index is 10.0. The predicted molar refractivity (Wildman–Crippen MR) is 77.4 cm³/mol. The van der Waals surface area contributed by atoms with E-state index in [1.54, 1.807) is 0 Å². The fourth-order valence-corrected chi connectivity index (χ4v) is 2.76. The van der Waals surface area contributed by atoms with Crippen molar-refractivity contribution in [1.29, 1.82) is 0 Å². The van der Waals surface area contributed by atoms with Gasteiger partial charge >= 0.3 is 0 Å². The Labute approximate surface area is 127 Å². The zero-order valence-corrected chi connectivity index (χ0v) is 12.0. The van der Waals surface area contributed by atoms with Crippen LogP contribution in [0.3, 0.4) is 0 Å². The molecule has 114 valence electrons. The first kappa shape index (κ1) is 14.7. The molecule has 6 nitrogen and oxygen atoms in total. The molecule has 2 heterocycles. The molecular formula is C14H17NO5S. The second-order valence-corrected chi connectivity index (χ2v) is 5.46. The summed E-state index contributed by atoms with van der Waals surface area (Å²) in [6.45, 7) is 0.654. The number of ether oxygens (including phenoxy) is 3. The average molecular weight is 311 g/mol. The molecule has 21 heavy (non-hydrogen) atoms. The van der Waals surface area contributed by atoms with E-state index in [1.165, 1.54) is 0 Å². The van der Waals surface area contributed by atoms with Crippen LogP contribution < -0.4 is 5.32 Å². The first-order valence-corrected chi connectivity index (χ1v) is 7.16. The van der Waals surface area contributed by atoms with E-state index < -0.39 is 24.6 Å². The quantitative estimate of drug-likeness (QED) is 0.671. The normalized spacial score (nSPS) is 35.5. The molecule has 3 rings (SSSR count). The van der Waals surface area contributed by atoms with Crippen molar-refractivity contribution in [3.63, 3.8) is 0 Å². The second-order valence-electron chi connectivity index (χ2n) is 5.09. The smallest absolute Gasteiger partial charge is 0.257 e. The highest BCUT2D eigenvalue weighted by molar-refractivity contribution is 7.80. The monoisotopic (exact) mass is 311 g/mol. The molecule has 2 saturated heterocycles. The molecule has 0 aliphatic carbocycles. The Hall–Kier alpha value is -1.25. The fraction of sp³-hybridized carbons (Fsp3) is 0.500. The lowest BCUT2D eigenvalue weighted by atomic mass is 10.0. The van der Waals surface area contributed by atoms with Gasteiger partial charge in [-0.25, -0.2) is 0 Å². The zero-order valence-electron chi connectivity index (χ0n) is 11.2. The molecule has 0 radical (unpaired) electrons. The van der Waals surface area contributed by atoms with Crippen molar-refractivity contribution in [2.75, 3.05) is 6.61 Å². The van der Waals surface area contributed by atoms with Gasteiger partial charge in [0.1, 0.15) is 24.9 Å². The number of aliphatic hydroxyl groups is 2. The zero-order chi connectivity index (χ0) is 14.8. The highest BCUT2D eigenvalue weighted by Crippen LogP contribution is 2.27. The van der Waals surface area contributed by atoms with E-state index in [9.17, 15) is 10.2 Å². The Balaban J connectivity index is 1.66. The van der Waals surface area contributed by atoms with Gasteiger partial charge in [0, 0.05) is 0 Å². The summed E-state index contributed by atoms with van der Waals surface area (Å²) in [7, 11) is 0. The minimum absolute atomic E-state index is 0.245. The Morgan fingerprint density at radius 1 is 1.29 bits per heavy atom. The Bertz CT molecular complexity index is 499. The van der Waals surface area contributed by atoms with E-state index in [0.29, 0.717) is 18.4 Å². The van der Waals surface area contributed by atoms with E-state index in [4.69, 9.17) is 26.4 Å². The van der Waals surface area contributed by atoms with Crippen molar-refractivity contribution in [3.8, 4) is 0 Å². The van der Waals surface area contributed by atoms with Crippen LogP contribution in [-0.4, -0.2) is 52.6 Å². The first-order valence-electron chi connectivity index (χ1n) is 6.75. The van der Waals surface area contributed by atoms with Crippen LogP contribution in [0.5, 0.6) is 0 Å². The highest BCUT2D eigenvalue weighted by Gasteiger charge is 2.49. The van der Waals surface area contributed by atoms with Gasteiger partial charge in [0.05, 0.1) is 12.6 Å². The van der Waals surface area contributed by atoms with Crippen molar-refractivity contribution >= 4 is 17.4 Å². The van der Waals surface area contributed by atoms with Crippen LogP contribution in [0.2, 0.25) is 0 Å². The van der Waals surface area contributed by atoms with Crippen LogP contribution in [0.25, 0.3) is 0 Å². The van der Waals surface area contributed by atoms with Crippen molar-refractivity contribution in [1.82, 2.24) is 5.32 Å². The van der Waals surface area contributed by atoms with E-state index in [0.717, 1.165) is 5.56 Å². The van der Waals surface area contributed by atoms with Crippen LogP contribution in [0.1, 0.15) is 5.56 Å². The maximum absolute atomic E-state index is 10.0. The average Bonchev–Trinajstić information content (AvgIpc) is 3.03. The SMILES string of the molecule is OC1O[C@H](C2COC(=S)N2)[C@H](OCc2ccccc2)[C@H]1O. The van der Waals surface area contributed by atoms with Gasteiger partial charge in [-0.05, 0) is 17.8 Å². The summed E-state index contributed by atoms with van der Waals surface area (Å²) in [4.78, 5) is 0. The summed E-state index contributed by atoms with van der Waals surface area (Å²) in [5, 5.41) is 23.0. The summed E-state index contributed by atoms with van der Waals surface area (Å²) in [5.74, 6) is 0. The summed E-state index contributed by atoms with van der Waals surface area (Å²) in [6.07, 6.45) is -3.55. The summed E-state index contributed by atoms with van der Waals surface area (Å²) < 4.78 is 16.3. The molecule has 1 aromatic rings. The molecule has 0 saturated carbocycles. The van der Waals surface area contributed by atoms with E-state index in [-0.39, 0.29) is 6.04 Å². The highest BCUT2D eigenvalue weighted by atomic mass is 32.1. The fourth-order valence-electron chi connectivity index (χ4n) is 2.54. The summed E-state index contributed by atoms with van der Waals surface area (Å²) in [6, 6.07) is 9.36. The molecule has 2 unspecified atom stereocenters. The third kappa shape index (κ3) is 3.17. The van der Waals surface area contributed by atoms with Crippen molar-refractivity contribution in [2.45, 2.75) is 37.3 Å². The number of nitrogens with one attached hydrogen (secondary N) is 1. The molecule has 0 spiro atoms. The van der Waals surface area contributed by atoms with Gasteiger partial charge in [-0.3, -0.25) is 0 Å². The molecule has 0 amide bonds. The molecule has 2 fully saturated rings. The van der Waals surface area contributed by atoms with Gasteiger partial charge in [0.25, 0.3) is 5.17 Å². The van der Waals surface area contributed by atoms with Crippen LogP contribution in [0.15, 0.2) is 30.3 Å². The second kappa shape index (κ2) is 6.25. The number of thiocarbonyl (C=S) groups is 1. The van der Waals surface area contributed by atoms with Crippen LogP contribution in [-0.2, 0) is 20.8 Å². The van der Waals surface area contributed by atoms with Gasteiger partial charge in [0.2, 0.25) is 0 Å². The minimum Gasteiger partial charge on any atom is -0.469 e. The van der Waals surface area contributed by atoms with Gasteiger partial charge in [-0.2, -0.15) is 0 Å². The van der Waals surface area contributed by atoms with Gasteiger partial charge in [-0.1, -0.05) is 30.3 Å². The lowest BCUT2D eigenvalue weighted by Crippen LogP contribution is -2.46. The number of hydrogen-bond acceptors (Lipinski definition) is 6. The van der Waals surface area contributed by atoms with Gasteiger partial charge in [-0.15, -0.1) is 0 Å². The summed E-state index contributed by atoms with van der Waals surface area (Å²) in [5.41, 5.74) is 0.982. The standard InChI is InChI=1S/C14H17NO5S/c16-10-12(18-6-8-4-2-1-3-5-8)11(20-13(10)17)9-7-19-14(21)15-9/h1-5,9-13,16-17H,6-7H2,(H,15,21)/t9?,10-,11-,12-,13?/m1/s1. The molecular weight excluding hydrogens is 294 g/mol. The van der Waals surface area contributed by atoms with E-state index >= 15 is 0 Å². The largest absolute Gasteiger partial charge is 0.469 e. The minimum atomic E-state index is -1.27. The van der Waals surface area contributed by atoms with Gasteiger partial charge < -0.3 is 29.7 Å². The van der Waals surface area contributed by atoms with E-state index in [1.807, 2.05) is 30.3 Å². The molecule has 2 aliphatic heterocycles. The molecule has 1 aromatic carbocycles. The number of hydrogen-bond donors (Lipinski definition) is 3. The lowest BCUT2D eigenvalue weighted by molar-refractivity contribution is -0.131. The van der Waals surface area contributed by atoms with Crippen LogP contribution in [0, 0.1) is 0 Å². The van der Waals surface area contributed by atoms with Crippen molar-refractivity contribution in [2.24, 2.45) is 0 Å². The third-order valence-electron chi connectivity index (χ3n) is 3.63. The molecule has 0 bridgehead atoms. The number of aliphatic hydroxyl groups excluding tert-OH is 2. The first-order chi connectivity index (χ1) is 10.1. The van der Waals surface area contributed by atoms with Crippen molar-refractivity contribution in [3.05, 3.63) is 35.9 Å². The number of benzene rings is 1. The Morgan fingerprint density at radius 2 is 2.05 bits per heavy atom. The molecule has 2 aliphatic rings. The van der Waals surface area contributed by atoms with E-state index in [2.05, 4.69) is 5.32 Å². The summed E-state index contributed by atoms with van der Waals surface area (Å²) >= 11 is 4.92. The van der Waals surface area contributed by atoms with Crippen LogP contribution >= 0.6 is 12.2 Å². The molecule has 7 heteroatoms. The Kier molecular flexibility index (Phi) is 4.37. The molecule has 3 N–H and O–H groups in total. The molecule has 5 atom stereocenters. The predicted octanol–water partition coefficient (Wildman–Crippen LogP) is -0.0768. The lowest BCUT2D eigenvalue weighted by Gasteiger charge is -2.24. The third-order valence-corrected chi connectivity index (χ3v) is 3.86. The number of rotatable bonds is 4. The van der Waals surface area contributed by atoms with Crippen molar-refractivity contribution < 1.29 is 24.4 Å². The Morgan fingerprint density at radius 3 is 2.71 bits per heavy atom. The van der Waals surface area contributed by atoms with Crippen LogP contribution in [0.4, 0.5) is 0 Å². The molecule has 0 aromatic heterocycles. The maximum Gasteiger partial charge on any atom is 0.257 e. The van der Waals surface area contributed by atoms with Gasteiger partial charge in [0.15, 0.2) is 6.29 Å².